The molecule has 10 aromatic rings. The van der Waals surface area contributed by atoms with Crippen LogP contribution in [0.1, 0.15) is 101 Å². The van der Waals surface area contributed by atoms with Crippen LogP contribution in [-0.4, -0.2) is 13.4 Å². The summed E-state index contributed by atoms with van der Waals surface area (Å²) in [6.45, 7) is 18.9. The number of rotatable bonds is 8. The van der Waals surface area contributed by atoms with Gasteiger partial charge in [0.2, 0.25) is 6.71 Å². The van der Waals surface area contributed by atoms with Crippen molar-refractivity contribution in [2.45, 2.75) is 78.6 Å². The Balaban J connectivity index is 1.13. The van der Waals surface area contributed by atoms with Gasteiger partial charge in [0.25, 0.3) is 6.71 Å². The average Bonchev–Trinajstić information content (AvgIpc) is 3.65. The van der Waals surface area contributed by atoms with E-state index in [2.05, 4.69) is 299 Å². The van der Waals surface area contributed by atoms with Gasteiger partial charge in [0.1, 0.15) is 0 Å². The summed E-state index contributed by atoms with van der Waals surface area (Å²) in [5.41, 5.74) is 28.8. The quantitative estimate of drug-likeness (QED) is 0.141. The van der Waals surface area contributed by atoms with E-state index in [-0.39, 0.29) is 18.8 Å². The predicted molar refractivity (Wildman–Crippen MR) is 335 cm³/mol. The molecule has 0 unspecified atom stereocenters. The summed E-state index contributed by atoms with van der Waals surface area (Å²) in [7, 11) is 0. The molecular weight excluding hydrogens is 942 g/mol. The number of nitrogens with zero attached hydrogens (tertiary/aromatic N) is 4. The van der Waals surface area contributed by atoms with Gasteiger partial charge in [-0.25, -0.2) is 0 Å². The van der Waals surface area contributed by atoms with Crippen molar-refractivity contribution in [3.05, 3.63) is 252 Å². The molecule has 4 aliphatic rings. The lowest BCUT2D eigenvalue weighted by atomic mass is 9.30. The molecule has 6 heteroatoms. The predicted octanol–water partition coefficient (Wildman–Crippen LogP) is 15.5. The normalized spacial score (nSPS) is 14.4. The van der Waals surface area contributed by atoms with E-state index < -0.39 is 0 Å². The van der Waals surface area contributed by atoms with Gasteiger partial charge in [-0.05, 0) is 152 Å². The average molecular weight is 1010 g/mol. The molecule has 14 rings (SSSR count). The first-order valence-corrected chi connectivity index (χ1v) is 28.3. The monoisotopic (exact) mass is 1010 g/mol. The topological polar surface area (TPSA) is 13.0 Å². The highest BCUT2D eigenvalue weighted by Gasteiger charge is 2.48. The van der Waals surface area contributed by atoms with Crippen LogP contribution in [0.15, 0.2) is 224 Å². The number of anilines is 12. The van der Waals surface area contributed by atoms with Gasteiger partial charge >= 0.3 is 0 Å². The Hall–Kier alpha value is -8.47. The third-order valence-corrected chi connectivity index (χ3v) is 17.6. The Kier molecular flexibility index (Phi) is 11.3. The van der Waals surface area contributed by atoms with E-state index in [1.165, 1.54) is 106 Å². The van der Waals surface area contributed by atoms with E-state index in [0.717, 1.165) is 22.7 Å². The Morgan fingerprint density at radius 3 is 1.09 bits per heavy atom. The van der Waals surface area contributed by atoms with Gasteiger partial charge in [0, 0.05) is 56.6 Å². The molecule has 378 valence electrons. The molecule has 0 fully saturated rings. The summed E-state index contributed by atoms with van der Waals surface area (Å²) >= 11 is 0. The van der Waals surface area contributed by atoms with Gasteiger partial charge < -0.3 is 19.6 Å². The maximum Gasteiger partial charge on any atom is 0.252 e. The van der Waals surface area contributed by atoms with Crippen molar-refractivity contribution in [1.29, 1.82) is 0 Å². The lowest BCUT2D eigenvalue weighted by Gasteiger charge is -2.47. The van der Waals surface area contributed by atoms with Gasteiger partial charge in [0.05, 0.1) is 17.1 Å². The first-order valence-electron chi connectivity index (χ1n) is 28.3. The molecule has 4 heterocycles. The summed E-state index contributed by atoms with van der Waals surface area (Å²) in [4.78, 5) is 10.2. The summed E-state index contributed by atoms with van der Waals surface area (Å²) < 4.78 is 0. The van der Waals surface area contributed by atoms with E-state index in [1.54, 1.807) is 0 Å². The fourth-order valence-electron chi connectivity index (χ4n) is 13.9. The first kappa shape index (κ1) is 47.9. The van der Waals surface area contributed by atoms with Gasteiger partial charge in [-0.1, -0.05) is 206 Å². The van der Waals surface area contributed by atoms with Gasteiger partial charge in [0.15, 0.2) is 0 Å². The van der Waals surface area contributed by atoms with Gasteiger partial charge in [-0.15, -0.1) is 0 Å². The zero-order valence-electron chi connectivity index (χ0n) is 46.0. The summed E-state index contributed by atoms with van der Waals surface area (Å²) in [5, 5.41) is 0. The maximum absolute atomic E-state index is 2.67. The van der Waals surface area contributed by atoms with E-state index in [9.17, 15) is 0 Å². The van der Waals surface area contributed by atoms with Crippen molar-refractivity contribution in [3.8, 4) is 0 Å². The third kappa shape index (κ3) is 7.22. The van der Waals surface area contributed by atoms with Crippen LogP contribution >= 0.6 is 0 Å². The minimum Gasteiger partial charge on any atom is -0.311 e. The molecule has 0 atom stereocenters. The van der Waals surface area contributed by atoms with E-state index in [1.807, 2.05) is 0 Å². The van der Waals surface area contributed by atoms with Crippen molar-refractivity contribution in [1.82, 2.24) is 0 Å². The zero-order chi connectivity index (χ0) is 53.1. The molecule has 0 aliphatic carbocycles. The van der Waals surface area contributed by atoms with Crippen LogP contribution < -0.4 is 52.4 Å². The Morgan fingerprint density at radius 1 is 0.295 bits per heavy atom. The maximum atomic E-state index is 2.67. The number of fused-ring (bicyclic) bond motifs is 8. The molecule has 0 bridgehead atoms. The second-order valence-corrected chi connectivity index (χ2v) is 23.4. The Morgan fingerprint density at radius 2 is 0.654 bits per heavy atom. The molecule has 0 N–H and O–H groups in total. The fraction of sp³-hybridized carbons (Fsp3) is 0.167. The summed E-state index contributed by atoms with van der Waals surface area (Å²) in [6, 6.07) is 85.2. The van der Waals surface area contributed by atoms with E-state index in [4.69, 9.17) is 0 Å². The first-order chi connectivity index (χ1) is 38.0. The van der Waals surface area contributed by atoms with Crippen molar-refractivity contribution < 1.29 is 0 Å². The Bertz CT molecular complexity index is 3900. The largest absolute Gasteiger partial charge is 0.311 e. The lowest BCUT2D eigenvalue weighted by Crippen LogP contribution is -2.64. The highest BCUT2D eigenvalue weighted by Crippen LogP contribution is 2.55. The zero-order valence-corrected chi connectivity index (χ0v) is 46.0. The van der Waals surface area contributed by atoms with Crippen LogP contribution in [0.2, 0.25) is 0 Å². The smallest absolute Gasteiger partial charge is 0.252 e. The molecule has 0 spiro atoms. The van der Waals surface area contributed by atoms with Crippen molar-refractivity contribution >= 4 is 114 Å². The second-order valence-electron chi connectivity index (χ2n) is 23.4. The molecule has 0 saturated carbocycles. The SMILES string of the molecule is CC(C)c1cc(C(C)C)c(B2c3ccccc3N(c3ccccc3)c3cc4c(cc32)B2c3ccccc3N(c3ccccc3)c3cc(N5c6ccccc6C(C)(C)c6ccccc65)cc(c32)N4c2ccccc2)c(C(C)C)c1. The molecular formula is C72H64B2N4. The van der Waals surface area contributed by atoms with E-state index >= 15 is 0 Å². The van der Waals surface area contributed by atoms with Gasteiger partial charge in [-0.2, -0.15) is 0 Å². The molecule has 0 saturated heterocycles. The molecule has 0 aromatic heterocycles. The molecule has 10 aromatic carbocycles. The molecule has 0 radical (unpaired) electrons. The second kappa shape index (κ2) is 18.3. The minimum atomic E-state index is -0.205. The van der Waals surface area contributed by atoms with Crippen LogP contribution in [0.25, 0.3) is 0 Å². The summed E-state index contributed by atoms with van der Waals surface area (Å²) in [6.07, 6.45) is 0. The summed E-state index contributed by atoms with van der Waals surface area (Å²) in [5.74, 6) is 1.04. The van der Waals surface area contributed by atoms with Crippen LogP contribution in [0, 0.1) is 0 Å². The highest BCUT2D eigenvalue weighted by molar-refractivity contribution is 7.02. The standard InChI is InChI=1S/C72H64B2N4/c1-46(2)49-40-54(47(3)4)70(55(41-49)48(5)6)73-58-34-20-24-38-64(58)75(50-26-12-9-13-27-50)66-45-67-61(44-60(66)73)74-59-35-21-25-39-65(59)76(51-28-14-10-15-29-51)68-42-53(43-69(71(68)74)77(67)52-30-16-11-17-31-52)78-62-36-22-18-32-56(62)72(7,8)57-33-19-23-37-63(57)78/h9-48H,1-8H3. The van der Waals surface area contributed by atoms with Crippen LogP contribution in [0.5, 0.6) is 0 Å². The Labute approximate surface area is 462 Å². The van der Waals surface area contributed by atoms with Crippen molar-refractivity contribution in [2.24, 2.45) is 0 Å². The van der Waals surface area contributed by atoms with Crippen molar-refractivity contribution in [3.63, 3.8) is 0 Å². The van der Waals surface area contributed by atoms with Crippen molar-refractivity contribution in [2.75, 3.05) is 19.6 Å². The van der Waals surface area contributed by atoms with Crippen LogP contribution in [0.4, 0.5) is 68.2 Å². The third-order valence-electron chi connectivity index (χ3n) is 17.6. The highest BCUT2D eigenvalue weighted by atomic mass is 15.2. The van der Waals surface area contributed by atoms with Crippen LogP contribution in [-0.2, 0) is 5.41 Å². The molecule has 78 heavy (non-hydrogen) atoms. The molecule has 0 amide bonds. The van der Waals surface area contributed by atoms with Crippen LogP contribution in [0.3, 0.4) is 0 Å². The number of benzene rings is 10. The van der Waals surface area contributed by atoms with E-state index in [0.29, 0.717) is 17.8 Å². The molecule has 4 nitrogen and oxygen atoms in total. The fourth-order valence-corrected chi connectivity index (χ4v) is 13.9. The molecule has 4 aliphatic heterocycles. The number of para-hydroxylation sites is 7. The lowest BCUT2D eigenvalue weighted by molar-refractivity contribution is 0.632. The number of hydrogen-bond acceptors (Lipinski definition) is 4. The van der Waals surface area contributed by atoms with Gasteiger partial charge in [-0.3, -0.25) is 0 Å². The number of hydrogen-bond donors (Lipinski definition) is 0. The minimum absolute atomic E-state index is 0.0333.